The van der Waals surface area contributed by atoms with E-state index < -0.39 is 17.5 Å². The van der Waals surface area contributed by atoms with Crippen LogP contribution in [0, 0.1) is 6.92 Å². The molecule has 0 amide bonds. The zero-order valence-electron chi connectivity index (χ0n) is 14.5. The molecular formula is C18H15F3N4O2. The van der Waals surface area contributed by atoms with Gasteiger partial charge in [0.25, 0.3) is 0 Å². The summed E-state index contributed by atoms with van der Waals surface area (Å²) in [6, 6.07) is 1.69. The number of rotatable bonds is 3. The quantitative estimate of drug-likeness (QED) is 0.758. The van der Waals surface area contributed by atoms with Crippen molar-refractivity contribution in [3.63, 3.8) is 0 Å². The zero-order chi connectivity index (χ0) is 19.2. The predicted molar refractivity (Wildman–Crippen MR) is 89.1 cm³/mol. The van der Waals surface area contributed by atoms with Crippen LogP contribution in [0.25, 0.3) is 22.4 Å². The Labute approximate surface area is 151 Å². The lowest BCUT2D eigenvalue weighted by Gasteiger charge is -2.12. The smallest absolute Gasteiger partial charge is 0.416 e. The van der Waals surface area contributed by atoms with E-state index in [1.807, 2.05) is 4.68 Å². The number of aromatic hydroxyl groups is 1. The number of hydrogen-bond donors (Lipinski definition) is 1. The third kappa shape index (κ3) is 2.14. The van der Waals surface area contributed by atoms with E-state index in [1.54, 1.807) is 13.3 Å². The number of nitrogens with zero attached hydrogens (tertiary/aromatic N) is 4. The van der Waals surface area contributed by atoms with Gasteiger partial charge in [-0.05, 0) is 24.6 Å². The molecule has 3 aromatic rings. The summed E-state index contributed by atoms with van der Waals surface area (Å²) in [6.07, 6.45) is 0.507. The van der Waals surface area contributed by atoms with Crippen LogP contribution in [-0.2, 0) is 16.5 Å². The molecule has 9 heteroatoms. The maximum Gasteiger partial charge on any atom is 0.416 e. The van der Waals surface area contributed by atoms with Crippen LogP contribution >= 0.6 is 0 Å². The van der Waals surface area contributed by atoms with Gasteiger partial charge in [0.05, 0.1) is 34.8 Å². The van der Waals surface area contributed by atoms with E-state index in [-0.39, 0.29) is 28.0 Å². The second kappa shape index (κ2) is 4.78. The highest BCUT2D eigenvalue weighted by Gasteiger charge is 2.87. The summed E-state index contributed by atoms with van der Waals surface area (Å²) in [5, 5.41) is 14.7. The first-order valence-electron chi connectivity index (χ1n) is 8.38. The Morgan fingerprint density at radius 3 is 2.59 bits per heavy atom. The van der Waals surface area contributed by atoms with E-state index in [4.69, 9.17) is 4.74 Å². The third-order valence-corrected chi connectivity index (χ3v) is 5.71. The number of hydrogen-bond acceptors (Lipinski definition) is 5. The minimum absolute atomic E-state index is 0.114. The first-order chi connectivity index (χ1) is 12.7. The van der Waals surface area contributed by atoms with Gasteiger partial charge in [0.2, 0.25) is 0 Å². The van der Waals surface area contributed by atoms with Gasteiger partial charge in [-0.25, -0.2) is 9.97 Å². The molecule has 2 aliphatic rings. The molecule has 0 bridgehead atoms. The average Bonchev–Trinajstić information content (AvgIpc) is 3.35. The van der Waals surface area contributed by atoms with Gasteiger partial charge in [-0.1, -0.05) is 0 Å². The topological polar surface area (TPSA) is 73.1 Å². The van der Waals surface area contributed by atoms with Crippen molar-refractivity contribution in [3.8, 4) is 17.0 Å². The van der Waals surface area contributed by atoms with Gasteiger partial charge in [-0.3, -0.25) is 4.68 Å². The molecule has 0 spiro atoms. The molecule has 2 fully saturated rings. The van der Waals surface area contributed by atoms with Crippen LogP contribution in [0.3, 0.4) is 0 Å². The van der Waals surface area contributed by atoms with Crippen molar-refractivity contribution in [1.29, 1.82) is 0 Å². The number of methoxy groups -OCH3 is 1. The Kier molecular flexibility index (Phi) is 2.92. The molecule has 0 unspecified atom stereocenters. The summed E-state index contributed by atoms with van der Waals surface area (Å²) >= 11 is 0. The lowest BCUT2D eigenvalue weighted by molar-refractivity contribution is -0.137. The van der Waals surface area contributed by atoms with Crippen molar-refractivity contribution >= 4 is 11.2 Å². The minimum atomic E-state index is -4.53. The highest BCUT2D eigenvalue weighted by molar-refractivity contribution is 5.77. The third-order valence-electron chi connectivity index (χ3n) is 5.71. The van der Waals surface area contributed by atoms with Crippen molar-refractivity contribution in [2.75, 3.05) is 7.11 Å². The molecule has 140 valence electrons. The van der Waals surface area contributed by atoms with E-state index >= 15 is 0 Å². The second-order valence-corrected chi connectivity index (χ2v) is 7.31. The van der Waals surface area contributed by atoms with Gasteiger partial charge in [-0.15, -0.1) is 5.10 Å². The van der Waals surface area contributed by atoms with Gasteiger partial charge in [0, 0.05) is 25.5 Å². The Balaban J connectivity index is 1.56. The van der Waals surface area contributed by atoms with Crippen LogP contribution in [0.15, 0.2) is 24.5 Å². The Morgan fingerprint density at radius 1 is 1.26 bits per heavy atom. The Bertz CT molecular complexity index is 1080. The van der Waals surface area contributed by atoms with Crippen LogP contribution in [0.2, 0.25) is 0 Å². The molecule has 27 heavy (non-hydrogen) atoms. The van der Waals surface area contributed by atoms with E-state index in [0.29, 0.717) is 17.2 Å². The Morgan fingerprint density at radius 2 is 2.00 bits per heavy atom. The fourth-order valence-electron chi connectivity index (χ4n) is 3.91. The van der Waals surface area contributed by atoms with Crippen molar-refractivity contribution in [1.82, 2.24) is 19.7 Å². The SMILES string of the molecule is COC12CC1(n1cc3ncc(-c4c(C)cc(C(F)(F)F)cc4O)nc3n1)C2. The van der Waals surface area contributed by atoms with Crippen LogP contribution < -0.4 is 0 Å². The number of aromatic nitrogens is 4. The normalized spacial score (nSPS) is 26.3. The number of fused-ring (bicyclic) bond motifs is 2. The molecule has 0 radical (unpaired) electrons. The molecule has 1 aromatic carbocycles. The number of phenolic OH excluding ortho intramolecular Hbond substituents is 1. The minimum Gasteiger partial charge on any atom is -0.507 e. The van der Waals surface area contributed by atoms with Crippen LogP contribution in [-0.4, -0.2) is 37.6 Å². The molecule has 6 nitrogen and oxygen atoms in total. The molecule has 0 atom stereocenters. The molecule has 2 aromatic heterocycles. The lowest BCUT2D eigenvalue weighted by atomic mass is 10.0. The van der Waals surface area contributed by atoms with Crippen molar-refractivity contribution in [3.05, 3.63) is 35.7 Å². The number of benzene rings is 1. The van der Waals surface area contributed by atoms with Gasteiger partial charge in [-0.2, -0.15) is 13.2 Å². The summed E-state index contributed by atoms with van der Waals surface area (Å²) < 4.78 is 46.1. The number of ether oxygens (including phenoxy) is 1. The number of phenols is 1. The number of halogens is 3. The van der Waals surface area contributed by atoms with Crippen molar-refractivity contribution in [2.24, 2.45) is 0 Å². The molecule has 0 saturated heterocycles. The zero-order valence-corrected chi connectivity index (χ0v) is 14.5. The molecule has 1 N–H and O–H groups in total. The molecule has 2 heterocycles. The van der Waals surface area contributed by atoms with Crippen molar-refractivity contribution < 1.29 is 23.0 Å². The Hall–Kier alpha value is -2.68. The maximum atomic E-state index is 12.9. The molecule has 2 saturated carbocycles. The number of aryl methyl sites for hydroxylation is 1. The molecule has 5 rings (SSSR count). The summed E-state index contributed by atoms with van der Waals surface area (Å²) in [6.45, 7) is 1.50. The molecule has 2 aliphatic carbocycles. The van der Waals surface area contributed by atoms with Gasteiger partial charge < -0.3 is 9.84 Å². The summed E-state index contributed by atoms with van der Waals surface area (Å²) in [5.74, 6) is -0.489. The largest absolute Gasteiger partial charge is 0.507 e. The molecule has 0 aliphatic heterocycles. The number of alkyl halides is 3. The standard InChI is InChI=1S/C18H15F3N4O2/c1-9-3-10(18(19,20)21)4-13(26)14(9)11-5-22-12-6-25(24-15(12)23-11)16-7-17(16,8-16)27-2/h3-6,26H,7-8H2,1-2H3. The molecular weight excluding hydrogens is 361 g/mol. The van der Waals surface area contributed by atoms with Crippen LogP contribution in [0.4, 0.5) is 13.2 Å². The first-order valence-corrected chi connectivity index (χ1v) is 8.38. The summed E-state index contributed by atoms with van der Waals surface area (Å²) in [5.41, 5.74) is 0.573. The fraction of sp³-hybridized carbons (Fsp3) is 0.389. The van der Waals surface area contributed by atoms with Gasteiger partial charge >= 0.3 is 6.18 Å². The predicted octanol–water partition coefficient (Wildman–Crippen LogP) is 3.41. The van der Waals surface area contributed by atoms with E-state index in [0.717, 1.165) is 18.9 Å². The van der Waals surface area contributed by atoms with Crippen molar-refractivity contribution in [2.45, 2.75) is 37.1 Å². The van der Waals surface area contributed by atoms with Crippen LogP contribution in [0.5, 0.6) is 5.75 Å². The summed E-state index contributed by atoms with van der Waals surface area (Å²) in [7, 11) is 1.68. The monoisotopic (exact) mass is 376 g/mol. The van der Waals surface area contributed by atoms with Crippen LogP contribution in [0.1, 0.15) is 24.0 Å². The average molecular weight is 376 g/mol. The van der Waals surface area contributed by atoms with Gasteiger partial charge in [0.1, 0.15) is 11.3 Å². The van der Waals surface area contributed by atoms with E-state index in [9.17, 15) is 18.3 Å². The second-order valence-electron chi connectivity index (χ2n) is 7.31. The maximum absolute atomic E-state index is 12.9. The van der Waals surface area contributed by atoms with E-state index in [1.165, 1.54) is 13.1 Å². The fourth-order valence-corrected chi connectivity index (χ4v) is 3.91. The van der Waals surface area contributed by atoms with E-state index in [2.05, 4.69) is 15.1 Å². The lowest BCUT2D eigenvalue weighted by Crippen LogP contribution is -2.07. The highest BCUT2D eigenvalue weighted by Crippen LogP contribution is 2.77. The van der Waals surface area contributed by atoms with Gasteiger partial charge in [0.15, 0.2) is 5.65 Å². The summed E-state index contributed by atoms with van der Waals surface area (Å²) in [4.78, 5) is 8.73. The highest BCUT2D eigenvalue weighted by atomic mass is 19.4. The first kappa shape index (κ1) is 16.5.